The van der Waals surface area contributed by atoms with Crippen molar-refractivity contribution in [3.8, 4) is 0 Å². The van der Waals surface area contributed by atoms with E-state index in [1.807, 2.05) is 0 Å². The van der Waals surface area contributed by atoms with Crippen LogP contribution >= 0.6 is 11.6 Å². The van der Waals surface area contributed by atoms with E-state index in [9.17, 15) is 9.59 Å². The summed E-state index contributed by atoms with van der Waals surface area (Å²) in [6.45, 7) is 5.13. The predicted octanol–water partition coefficient (Wildman–Crippen LogP) is 2.58. The normalized spacial score (nSPS) is 9.47. The van der Waals surface area contributed by atoms with Gasteiger partial charge in [-0.15, -0.1) is 0 Å². The number of amides is 1. The number of hydrogen-bond donors (Lipinski definition) is 1. The van der Waals surface area contributed by atoms with Crippen LogP contribution in [0.25, 0.3) is 0 Å². The summed E-state index contributed by atoms with van der Waals surface area (Å²) in [6.07, 6.45) is 0. The van der Waals surface area contributed by atoms with Gasteiger partial charge in [0.25, 0.3) is 11.1 Å². The topological polar surface area (TPSA) is 46.2 Å². The molecular weight excluding hydrogens is 214 g/mol. The second-order valence-corrected chi connectivity index (χ2v) is 3.43. The first-order chi connectivity index (χ1) is 7.00. The lowest BCUT2D eigenvalue weighted by atomic mass is 10.2. The van der Waals surface area contributed by atoms with Crippen LogP contribution in [-0.2, 0) is 4.79 Å². The van der Waals surface area contributed by atoms with Crippen molar-refractivity contribution in [1.29, 1.82) is 0 Å². The van der Waals surface area contributed by atoms with Gasteiger partial charge in [-0.1, -0.05) is 6.58 Å². The van der Waals surface area contributed by atoms with Gasteiger partial charge >= 0.3 is 0 Å². The Morgan fingerprint density at radius 1 is 1.27 bits per heavy atom. The number of anilines is 1. The third-order valence-corrected chi connectivity index (χ3v) is 1.98. The molecule has 0 unspecified atom stereocenters. The molecule has 0 aliphatic heterocycles. The van der Waals surface area contributed by atoms with E-state index in [2.05, 4.69) is 11.9 Å². The van der Waals surface area contributed by atoms with E-state index >= 15 is 0 Å². The van der Waals surface area contributed by atoms with Crippen molar-refractivity contribution < 1.29 is 9.59 Å². The highest BCUT2D eigenvalue weighted by Crippen LogP contribution is 2.11. The lowest BCUT2D eigenvalue weighted by molar-refractivity contribution is -0.112. The lowest BCUT2D eigenvalue weighted by Crippen LogP contribution is -2.11. The van der Waals surface area contributed by atoms with Gasteiger partial charge in [0.2, 0.25) is 0 Å². The maximum atomic E-state index is 11.2. The average Bonchev–Trinajstić information content (AvgIpc) is 2.18. The van der Waals surface area contributed by atoms with Gasteiger partial charge in [-0.25, -0.2) is 0 Å². The second kappa shape index (κ2) is 4.75. The summed E-state index contributed by atoms with van der Waals surface area (Å²) in [5.74, 6) is -0.250. The Morgan fingerprint density at radius 3 is 2.20 bits per heavy atom. The molecular formula is C11H10ClNO2. The van der Waals surface area contributed by atoms with E-state index < -0.39 is 5.24 Å². The highest BCUT2D eigenvalue weighted by atomic mass is 35.5. The van der Waals surface area contributed by atoms with Crippen LogP contribution in [0.1, 0.15) is 17.3 Å². The summed E-state index contributed by atoms with van der Waals surface area (Å²) < 4.78 is 0. The highest BCUT2D eigenvalue weighted by molar-refractivity contribution is 6.67. The van der Waals surface area contributed by atoms with Crippen LogP contribution in [0.15, 0.2) is 36.4 Å². The van der Waals surface area contributed by atoms with Gasteiger partial charge in [-0.05, 0) is 42.8 Å². The zero-order valence-corrected chi connectivity index (χ0v) is 8.97. The van der Waals surface area contributed by atoms with Crippen molar-refractivity contribution in [2.24, 2.45) is 0 Å². The molecule has 0 radical (unpaired) electrons. The molecule has 1 N–H and O–H groups in total. The molecule has 1 rings (SSSR count). The van der Waals surface area contributed by atoms with Crippen LogP contribution in [0.4, 0.5) is 5.69 Å². The first-order valence-corrected chi connectivity index (χ1v) is 4.65. The summed E-state index contributed by atoms with van der Waals surface area (Å²) in [5, 5.41) is 2.09. The lowest BCUT2D eigenvalue weighted by Gasteiger charge is -2.04. The van der Waals surface area contributed by atoms with Crippen LogP contribution in [-0.4, -0.2) is 11.1 Å². The maximum absolute atomic E-state index is 11.2. The molecule has 3 nitrogen and oxygen atoms in total. The highest BCUT2D eigenvalue weighted by Gasteiger charge is 2.04. The van der Waals surface area contributed by atoms with Gasteiger partial charge < -0.3 is 5.32 Å². The number of rotatable bonds is 3. The average molecular weight is 224 g/mol. The second-order valence-electron chi connectivity index (χ2n) is 3.09. The quantitative estimate of drug-likeness (QED) is 0.632. The summed E-state index contributed by atoms with van der Waals surface area (Å²) in [6, 6.07) is 6.31. The minimum Gasteiger partial charge on any atom is -0.322 e. The predicted molar refractivity (Wildman–Crippen MR) is 60.1 cm³/mol. The van der Waals surface area contributed by atoms with Crippen molar-refractivity contribution in [3.05, 3.63) is 42.0 Å². The van der Waals surface area contributed by atoms with E-state index in [0.717, 1.165) is 0 Å². The molecule has 0 aliphatic rings. The largest absolute Gasteiger partial charge is 0.322 e. The SMILES string of the molecule is C=C(C)C(=O)Nc1ccc(C(=O)Cl)cc1. The van der Waals surface area contributed by atoms with Crippen LogP contribution < -0.4 is 5.32 Å². The van der Waals surface area contributed by atoms with Gasteiger partial charge in [-0.3, -0.25) is 9.59 Å². The smallest absolute Gasteiger partial charge is 0.252 e. The zero-order valence-electron chi connectivity index (χ0n) is 8.21. The third kappa shape index (κ3) is 3.22. The Kier molecular flexibility index (Phi) is 3.63. The van der Waals surface area contributed by atoms with Crippen molar-refractivity contribution in [2.45, 2.75) is 6.92 Å². The summed E-state index contributed by atoms with van der Waals surface area (Å²) in [4.78, 5) is 22.0. The molecule has 78 valence electrons. The number of nitrogens with one attached hydrogen (secondary N) is 1. The van der Waals surface area contributed by atoms with Gasteiger partial charge in [0.05, 0.1) is 0 Å². The third-order valence-electron chi connectivity index (χ3n) is 1.76. The summed E-state index contributed by atoms with van der Waals surface area (Å²) in [7, 11) is 0. The molecule has 4 heteroatoms. The molecule has 1 aromatic rings. The van der Waals surface area contributed by atoms with Gasteiger partial charge in [-0.2, -0.15) is 0 Å². The zero-order chi connectivity index (χ0) is 11.4. The molecule has 0 bridgehead atoms. The molecule has 0 aliphatic carbocycles. The first-order valence-electron chi connectivity index (χ1n) is 4.27. The van der Waals surface area contributed by atoms with Crippen molar-refractivity contribution in [2.75, 3.05) is 5.32 Å². The fraction of sp³-hybridized carbons (Fsp3) is 0.0909. The van der Waals surface area contributed by atoms with Crippen LogP contribution in [0, 0.1) is 0 Å². The summed E-state index contributed by atoms with van der Waals surface area (Å²) >= 11 is 5.27. The minimum absolute atomic E-state index is 0.250. The number of carbonyl (C=O) groups is 2. The fourth-order valence-electron chi connectivity index (χ4n) is 0.922. The molecule has 0 aromatic heterocycles. The Hall–Kier alpha value is -1.61. The molecule has 0 saturated carbocycles. The van der Waals surface area contributed by atoms with Crippen molar-refractivity contribution in [1.82, 2.24) is 0 Å². The van der Waals surface area contributed by atoms with Gasteiger partial charge in [0.15, 0.2) is 0 Å². The Balaban J connectivity index is 2.77. The number of benzene rings is 1. The Bertz CT molecular complexity index is 409. The van der Waals surface area contributed by atoms with Gasteiger partial charge in [0, 0.05) is 16.8 Å². The molecule has 0 heterocycles. The Labute approximate surface area is 92.7 Å². The standard InChI is InChI=1S/C11H10ClNO2/c1-7(2)11(15)13-9-5-3-8(4-6-9)10(12)14/h3-6H,1H2,2H3,(H,13,15). The minimum atomic E-state index is -0.521. The first kappa shape index (κ1) is 11.5. The molecule has 1 aromatic carbocycles. The number of halogens is 1. The molecule has 0 atom stereocenters. The van der Waals surface area contributed by atoms with Crippen molar-refractivity contribution >= 4 is 28.4 Å². The van der Waals surface area contributed by atoms with Crippen molar-refractivity contribution in [3.63, 3.8) is 0 Å². The monoisotopic (exact) mass is 223 g/mol. The van der Waals surface area contributed by atoms with E-state index in [4.69, 9.17) is 11.6 Å². The number of hydrogen-bond acceptors (Lipinski definition) is 2. The van der Waals surface area contributed by atoms with Crippen LogP contribution in [0.2, 0.25) is 0 Å². The molecule has 1 amide bonds. The number of carbonyl (C=O) groups excluding carboxylic acids is 2. The van der Waals surface area contributed by atoms with Crippen LogP contribution in [0.5, 0.6) is 0 Å². The van der Waals surface area contributed by atoms with E-state index in [1.165, 1.54) is 0 Å². The van der Waals surface area contributed by atoms with E-state index in [0.29, 0.717) is 16.8 Å². The molecule has 0 fully saturated rings. The van der Waals surface area contributed by atoms with E-state index in [-0.39, 0.29) is 5.91 Å². The Morgan fingerprint density at radius 2 is 1.80 bits per heavy atom. The fourth-order valence-corrected chi connectivity index (χ4v) is 1.05. The molecule has 15 heavy (non-hydrogen) atoms. The molecule has 0 spiro atoms. The van der Waals surface area contributed by atoms with Gasteiger partial charge in [0.1, 0.15) is 0 Å². The molecule has 0 saturated heterocycles. The van der Waals surface area contributed by atoms with E-state index in [1.54, 1.807) is 31.2 Å². The maximum Gasteiger partial charge on any atom is 0.252 e. The van der Waals surface area contributed by atoms with Crippen LogP contribution in [0.3, 0.4) is 0 Å². The summed E-state index contributed by atoms with van der Waals surface area (Å²) in [5.41, 5.74) is 1.42.